The standard InChI is InChI=1S/C15H24N4O2/c1-17-15(16)18-12-13-4-2-3-5-14(13)21-11-8-19-6-9-20-10-7-19/h2-5H,6-12H2,1H3,(H3,16,17,18). The summed E-state index contributed by atoms with van der Waals surface area (Å²) in [4.78, 5) is 6.23. The normalized spacial score (nSPS) is 16.7. The average molecular weight is 292 g/mol. The minimum Gasteiger partial charge on any atom is -0.492 e. The Morgan fingerprint density at radius 3 is 2.90 bits per heavy atom. The summed E-state index contributed by atoms with van der Waals surface area (Å²) in [5, 5.41) is 3.05. The average Bonchev–Trinajstić information content (AvgIpc) is 2.54. The molecule has 3 N–H and O–H groups in total. The van der Waals surface area contributed by atoms with Crippen LogP contribution in [0.15, 0.2) is 29.3 Å². The highest BCUT2D eigenvalue weighted by molar-refractivity contribution is 5.77. The number of nitrogens with two attached hydrogens (primary N) is 1. The SMILES string of the molecule is CN=C(N)NCc1ccccc1OCCN1CCOCC1. The van der Waals surface area contributed by atoms with Crippen LogP contribution in [0.2, 0.25) is 0 Å². The molecule has 21 heavy (non-hydrogen) atoms. The summed E-state index contributed by atoms with van der Waals surface area (Å²) in [6.45, 7) is 5.80. The molecule has 0 saturated carbocycles. The van der Waals surface area contributed by atoms with E-state index in [-0.39, 0.29) is 0 Å². The molecule has 0 atom stereocenters. The van der Waals surface area contributed by atoms with Gasteiger partial charge < -0.3 is 20.5 Å². The molecule has 1 aromatic carbocycles. The lowest BCUT2D eigenvalue weighted by molar-refractivity contribution is 0.0322. The van der Waals surface area contributed by atoms with Gasteiger partial charge in [0, 0.05) is 38.8 Å². The number of hydrogen-bond donors (Lipinski definition) is 2. The van der Waals surface area contributed by atoms with Crippen molar-refractivity contribution in [2.24, 2.45) is 10.7 Å². The first kappa shape index (κ1) is 15.6. The number of para-hydroxylation sites is 1. The maximum absolute atomic E-state index is 5.90. The summed E-state index contributed by atoms with van der Waals surface area (Å²) in [5.74, 6) is 1.32. The van der Waals surface area contributed by atoms with Crippen LogP contribution in [0.1, 0.15) is 5.56 Å². The van der Waals surface area contributed by atoms with Crippen molar-refractivity contribution in [1.82, 2.24) is 10.2 Å². The van der Waals surface area contributed by atoms with E-state index in [1.807, 2.05) is 24.3 Å². The lowest BCUT2D eigenvalue weighted by Crippen LogP contribution is -2.38. The van der Waals surface area contributed by atoms with Crippen molar-refractivity contribution in [2.75, 3.05) is 46.5 Å². The summed E-state index contributed by atoms with van der Waals surface area (Å²) >= 11 is 0. The lowest BCUT2D eigenvalue weighted by atomic mass is 10.2. The van der Waals surface area contributed by atoms with E-state index in [2.05, 4.69) is 15.2 Å². The van der Waals surface area contributed by atoms with Crippen LogP contribution in [0.4, 0.5) is 0 Å². The molecule has 1 heterocycles. The highest BCUT2D eigenvalue weighted by Gasteiger charge is 2.10. The van der Waals surface area contributed by atoms with Gasteiger partial charge in [0.15, 0.2) is 5.96 Å². The molecule has 0 bridgehead atoms. The van der Waals surface area contributed by atoms with Gasteiger partial charge in [-0.25, -0.2) is 0 Å². The van der Waals surface area contributed by atoms with Crippen LogP contribution >= 0.6 is 0 Å². The molecule has 0 aromatic heterocycles. The molecule has 0 aliphatic carbocycles. The molecule has 6 heteroatoms. The second-order valence-corrected chi connectivity index (χ2v) is 4.87. The number of morpholine rings is 1. The highest BCUT2D eigenvalue weighted by atomic mass is 16.5. The summed E-state index contributed by atoms with van der Waals surface area (Å²) in [7, 11) is 1.66. The van der Waals surface area contributed by atoms with Crippen LogP contribution in [-0.2, 0) is 11.3 Å². The van der Waals surface area contributed by atoms with Crippen LogP contribution in [0.25, 0.3) is 0 Å². The molecule has 1 aliphatic heterocycles. The number of benzene rings is 1. The largest absolute Gasteiger partial charge is 0.492 e. The van der Waals surface area contributed by atoms with Crippen molar-refractivity contribution < 1.29 is 9.47 Å². The van der Waals surface area contributed by atoms with E-state index in [0.29, 0.717) is 19.1 Å². The fourth-order valence-corrected chi connectivity index (χ4v) is 2.16. The Bertz CT molecular complexity index is 459. The van der Waals surface area contributed by atoms with Crippen LogP contribution < -0.4 is 15.8 Å². The third-order valence-electron chi connectivity index (χ3n) is 3.44. The third-order valence-corrected chi connectivity index (χ3v) is 3.44. The van der Waals surface area contributed by atoms with Crippen molar-refractivity contribution in [3.63, 3.8) is 0 Å². The number of nitrogens with zero attached hydrogens (tertiary/aromatic N) is 2. The molecule has 0 radical (unpaired) electrons. The molecule has 0 unspecified atom stereocenters. The van der Waals surface area contributed by atoms with Crippen molar-refractivity contribution in [2.45, 2.75) is 6.54 Å². The minimum atomic E-state index is 0.429. The number of guanidine groups is 1. The van der Waals surface area contributed by atoms with E-state index in [0.717, 1.165) is 44.2 Å². The van der Waals surface area contributed by atoms with E-state index >= 15 is 0 Å². The number of ether oxygens (including phenoxy) is 2. The first-order chi connectivity index (χ1) is 10.3. The molecule has 1 saturated heterocycles. The molecule has 2 rings (SSSR count). The van der Waals surface area contributed by atoms with Gasteiger partial charge in [0.05, 0.1) is 13.2 Å². The number of hydrogen-bond acceptors (Lipinski definition) is 4. The van der Waals surface area contributed by atoms with Gasteiger partial charge in [-0.1, -0.05) is 18.2 Å². The van der Waals surface area contributed by atoms with E-state index < -0.39 is 0 Å². The van der Waals surface area contributed by atoms with Gasteiger partial charge in [0.25, 0.3) is 0 Å². The van der Waals surface area contributed by atoms with Gasteiger partial charge in [0.1, 0.15) is 12.4 Å². The van der Waals surface area contributed by atoms with Gasteiger partial charge in [-0.2, -0.15) is 0 Å². The summed E-state index contributed by atoms with van der Waals surface area (Å²) in [6.07, 6.45) is 0. The quantitative estimate of drug-likeness (QED) is 0.588. The highest BCUT2D eigenvalue weighted by Crippen LogP contribution is 2.17. The Kier molecular flexibility index (Phi) is 6.30. The number of nitrogens with one attached hydrogen (secondary N) is 1. The smallest absolute Gasteiger partial charge is 0.188 e. The Morgan fingerprint density at radius 1 is 1.38 bits per heavy atom. The van der Waals surface area contributed by atoms with Crippen molar-refractivity contribution in [3.05, 3.63) is 29.8 Å². The first-order valence-corrected chi connectivity index (χ1v) is 7.26. The zero-order chi connectivity index (χ0) is 14.9. The first-order valence-electron chi connectivity index (χ1n) is 7.26. The predicted molar refractivity (Wildman–Crippen MR) is 83.6 cm³/mol. The molecule has 116 valence electrons. The van der Waals surface area contributed by atoms with Crippen molar-refractivity contribution in [1.29, 1.82) is 0 Å². The van der Waals surface area contributed by atoms with Gasteiger partial charge >= 0.3 is 0 Å². The zero-order valence-electron chi connectivity index (χ0n) is 12.5. The monoisotopic (exact) mass is 292 g/mol. The van der Waals surface area contributed by atoms with Crippen LogP contribution in [-0.4, -0.2) is 57.4 Å². The van der Waals surface area contributed by atoms with E-state index in [9.17, 15) is 0 Å². The maximum atomic E-state index is 5.90. The fourth-order valence-electron chi connectivity index (χ4n) is 2.16. The molecule has 1 fully saturated rings. The number of rotatable bonds is 6. The fraction of sp³-hybridized carbons (Fsp3) is 0.533. The summed E-state index contributed by atoms with van der Waals surface area (Å²) in [5.41, 5.74) is 6.72. The minimum absolute atomic E-state index is 0.429. The Balaban J connectivity index is 1.81. The summed E-state index contributed by atoms with van der Waals surface area (Å²) < 4.78 is 11.2. The molecule has 0 spiro atoms. The Morgan fingerprint density at radius 2 is 2.14 bits per heavy atom. The molecule has 1 aromatic rings. The van der Waals surface area contributed by atoms with E-state index in [4.69, 9.17) is 15.2 Å². The van der Waals surface area contributed by atoms with Gasteiger partial charge in [-0.05, 0) is 6.07 Å². The van der Waals surface area contributed by atoms with Crippen LogP contribution in [0.5, 0.6) is 5.75 Å². The predicted octanol–water partition coefficient (Wildman–Crippen LogP) is 0.432. The van der Waals surface area contributed by atoms with Crippen molar-refractivity contribution in [3.8, 4) is 5.75 Å². The second kappa shape index (κ2) is 8.49. The van der Waals surface area contributed by atoms with E-state index in [1.54, 1.807) is 7.05 Å². The Labute approximate surface area is 125 Å². The Hall–Kier alpha value is -1.79. The van der Waals surface area contributed by atoms with Crippen molar-refractivity contribution >= 4 is 5.96 Å². The third kappa shape index (κ3) is 5.24. The lowest BCUT2D eigenvalue weighted by Gasteiger charge is -2.26. The van der Waals surface area contributed by atoms with Crippen LogP contribution in [0.3, 0.4) is 0 Å². The molecule has 6 nitrogen and oxygen atoms in total. The number of aliphatic imine (C=N–C) groups is 1. The molecular weight excluding hydrogens is 268 g/mol. The second-order valence-electron chi connectivity index (χ2n) is 4.87. The van der Waals surface area contributed by atoms with Gasteiger partial charge in [-0.3, -0.25) is 9.89 Å². The molecular formula is C15H24N4O2. The van der Waals surface area contributed by atoms with Gasteiger partial charge in [0.2, 0.25) is 0 Å². The summed E-state index contributed by atoms with van der Waals surface area (Å²) in [6, 6.07) is 7.98. The van der Waals surface area contributed by atoms with Crippen LogP contribution in [0, 0.1) is 0 Å². The maximum Gasteiger partial charge on any atom is 0.188 e. The molecule has 0 amide bonds. The zero-order valence-corrected chi connectivity index (χ0v) is 12.5. The molecule has 1 aliphatic rings. The van der Waals surface area contributed by atoms with E-state index in [1.165, 1.54) is 0 Å². The topological polar surface area (TPSA) is 72.1 Å². The van der Waals surface area contributed by atoms with Gasteiger partial charge in [-0.15, -0.1) is 0 Å².